The van der Waals surface area contributed by atoms with Crippen LogP contribution in [0, 0.1) is 18.3 Å². The van der Waals surface area contributed by atoms with Crippen molar-refractivity contribution < 1.29 is 14.3 Å². The highest BCUT2D eigenvalue weighted by atomic mass is 32.1. The Labute approximate surface area is 154 Å². The van der Waals surface area contributed by atoms with Crippen molar-refractivity contribution in [2.24, 2.45) is 11.3 Å². The first-order valence-electron chi connectivity index (χ1n) is 9.14. The van der Waals surface area contributed by atoms with Crippen LogP contribution in [-0.2, 0) is 9.47 Å². The molecule has 0 radical (unpaired) electrons. The molecule has 1 unspecified atom stereocenters. The van der Waals surface area contributed by atoms with Crippen LogP contribution in [0.5, 0.6) is 0 Å². The van der Waals surface area contributed by atoms with Crippen molar-refractivity contribution in [1.29, 1.82) is 0 Å². The van der Waals surface area contributed by atoms with E-state index < -0.39 is 0 Å². The number of aryl methyl sites for hydroxylation is 1. The molecule has 1 spiro atoms. The molecule has 25 heavy (non-hydrogen) atoms. The van der Waals surface area contributed by atoms with Gasteiger partial charge in [-0.05, 0) is 37.3 Å². The van der Waals surface area contributed by atoms with Crippen molar-refractivity contribution in [2.45, 2.75) is 19.8 Å². The zero-order valence-electron chi connectivity index (χ0n) is 15.6. The highest BCUT2D eigenvalue weighted by Gasteiger charge is 2.48. The Kier molecular flexibility index (Phi) is 6.15. The fourth-order valence-corrected chi connectivity index (χ4v) is 5.23. The summed E-state index contributed by atoms with van der Waals surface area (Å²) in [6.45, 7) is 8.51. The number of hydrogen-bond acceptors (Lipinski definition) is 5. The van der Waals surface area contributed by atoms with Crippen LogP contribution in [0.2, 0.25) is 0 Å². The smallest absolute Gasteiger partial charge is 0.263 e. The van der Waals surface area contributed by atoms with Gasteiger partial charge in [-0.2, -0.15) is 0 Å². The molecule has 0 aliphatic carbocycles. The van der Waals surface area contributed by atoms with Gasteiger partial charge in [-0.25, -0.2) is 0 Å². The van der Waals surface area contributed by atoms with Crippen LogP contribution in [0.3, 0.4) is 0 Å². The highest BCUT2D eigenvalue weighted by molar-refractivity contribution is 7.13. The van der Waals surface area contributed by atoms with E-state index in [9.17, 15) is 4.79 Å². The summed E-state index contributed by atoms with van der Waals surface area (Å²) >= 11 is 1.60. The molecule has 1 atom stereocenters. The maximum atomic E-state index is 12.7. The minimum Gasteiger partial charge on any atom is -0.384 e. The highest BCUT2D eigenvalue weighted by Crippen LogP contribution is 2.45. The number of nitrogens with zero attached hydrogens (tertiary/aromatic N) is 2. The molecule has 3 heterocycles. The molecular weight excluding hydrogens is 336 g/mol. The van der Waals surface area contributed by atoms with Gasteiger partial charge < -0.3 is 19.3 Å². The van der Waals surface area contributed by atoms with Gasteiger partial charge in [-0.3, -0.25) is 4.79 Å². The Balaban J connectivity index is 1.63. The predicted octanol–water partition coefficient (Wildman–Crippen LogP) is 2.50. The van der Waals surface area contributed by atoms with E-state index in [4.69, 9.17) is 9.47 Å². The summed E-state index contributed by atoms with van der Waals surface area (Å²) < 4.78 is 10.8. The molecule has 2 aliphatic heterocycles. The number of likely N-dealkylation sites (tertiary alicyclic amines) is 2. The lowest BCUT2D eigenvalue weighted by atomic mass is 9.71. The predicted molar refractivity (Wildman–Crippen MR) is 100 cm³/mol. The summed E-state index contributed by atoms with van der Waals surface area (Å²) in [7, 11) is 3.55. The minimum atomic E-state index is 0.200. The number of carbonyl (C=O) groups excluding carboxylic acids is 1. The molecule has 5 nitrogen and oxygen atoms in total. The monoisotopic (exact) mass is 366 g/mol. The first kappa shape index (κ1) is 18.8. The largest absolute Gasteiger partial charge is 0.384 e. The van der Waals surface area contributed by atoms with Crippen LogP contribution in [-0.4, -0.2) is 75.9 Å². The molecule has 0 aromatic carbocycles. The molecule has 1 aromatic rings. The lowest BCUT2D eigenvalue weighted by Gasteiger charge is -2.42. The van der Waals surface area contributed by atoms with Gasteiger partial charge >= 0.3 is 0 Å². The Morgan fingerprint density at radius 1 is 1.28 bits per heavy atom. The first-order chi connectivity index (χ1) is 12.1. The molecule has 2 aliphatic rings. The topological polar surface area (TPSA) is 42.0 Å². The van der Waals surface area contributed by atoms with Gasteiger partial charge in [0.05, 0.1) is 18.1 Å². The number of piperidine rings is 1. The van der Waals surface area contributed by atoms with Crippen LogP contribution in [0.4, 0.5) is 0 Å². The van der Waals surface area contributed by atoms with Gasteiger partial charge in [0.25, 0.3) is 5.91 Å². The van der Waals surface area contributed by atoms with Crippen molar-refractivity contribution in [1.82, 2.24) is 9.80 Å². The SMILES string of the molecule is COCCN1CC(COC)C2(CCN(C(=O)c3ccc(C)s3)CC2)C1. The molecule has 0 N–H and O–H groups in total. The van der Waals surface area contributed by atoms with Crippen LogP contribution < -0.4 is 0 Å². The van der Waals surface area contributed by atoms with Crippen LogP contribution in [0.15, 0.2) is 12.1 Å². The van der Waals surface area contributed by atoms with Gasteiger partial charge in [0.15, 0.2) is 0 Å². The maximum Gasteiger partial charge on any atom is 0.263 e. The molecule has 1 amide bonds. The zero-order valence-corrected chi connectivity index (χ0v) is 16.4. The minimum absolute atomic E-state index is 0.200. The quantitative estimate of drug-likeness (QED) is 0.776. The van der Waals surface area contributed by atoms with E-state index in [0.29, 0.717) is 5.92 Å². The Hall–Kier alpha value is -0.950. The van der Waals surface area contributed by atoms with Crippen molar-refractivity contribution in [3.05, 3.63) is 21.9 Å². The third kappa shape index (κ3) is 4.08. The molecule has 2 fully saturated rings. The number of rotatable bonds is 6. The molecule has 1 aromatic heterocycles. The molecule has 0 bridgehead atoms. The van der Waals surface area contributed by atoms with Crippen LogP contribution in [0.1, 0.15) is 27.4 Å². The number of carbonyl (C=O) groups is 1. The third-order valence-corrected chi connectivity index (χ3v) is 6.85. The number of hydrogen-bond donors (Lipinski definition) is 0. The number of ether oxygens (including phenoxy) is 2. The summed E-state index contributed by atoms with van der Waals surface area (Å²) in [5.41, 5.74) is 0.284. The molecular formula is C19H30N2O3S. The van der Waals surface area contributed by atoms with Crippen molar-refractivity contribution in [3.63, 3.8) is 0 Å². The average molecular weight is 367 g/mol. The molecule has 3 rings (SSSR count). The summed E-state index contributed by atoms with van der Waals surface area (Å²) in [6, 6.07) is 3.99. The Bertz CT molecular complexity index is 581. The van der Waals surface area contributed by atoms with E-state index in [-0.39, 0.29) is 11.3 Å². The van der Waals surface area contributed by atoms with Crippen LogP contribution >= 0.6 is 11.3 Å². The standard InChI is InChI=1S/C19H30N2O3S/c1-15-4-5-17(25-15)18(22)21-8-6-19(7-9-21)14-20(10-11-23-2)12-16(19)13-24-3/h4-5,16H,6-14H2,1-3H3. The summed E-state index contributed by atoms with van der Waals surface area (Å²) in [5.74, 6) is 0.751. The third-order valence-electron chi connectivity index (χ3n) is 5.86. The van der Waals surface area contributed by atoms with E-state index >= 15 is 0 Å². The normalized spacial score (nSPS) is 23.5. The van der Waals surface area contributed by atoms with E-state index in [2.05, 4.69) is 11.8 Å². The Morgan fingerprint density at radius 3 is 2.64 bits per heavy atom. The second-order valence-electron chi connectivity index (χ2n) is 7.45. The molecule has 2 saturated heterocycles. The summed E-state index contributed by atoms with van der Waals surface area (Å²) in [4.78, 5) is 19.3. The number of thiophene rings is 1. The Morgan fingerprint density at radius 2 is 2.04 bits per heavy atom. The lowest BCUT2D eigenvalue weighted by molar-refractivity contribution is 0.0323. The van der Waals surface area contributed by atoms with Crippen molar-refractivity contribution in [2.75, 3.05) is 60.2 Å². The average Bonchev–Trinajstić information content (AvgIpc) is 3.18. The van der Waals surface area contributed by atoms with Gasteiger partial charge in [0.2, 0.25) is 0 Å². The van der Waals surface area contributed by atoms with Crippen LogP contribution in [0.25, 0.3) is 0 Å². The fraction of sp³-hybridized carbons (Fsp3) is 0.737. The van der Waals surface area contributed by atoms with E-state index in [0.717, 1.165) is 63.7 Å². The van der Waals surface area contributed by atoms with Gasteiger partial charge in [-0.1, -0.05) is 0 Å². The van der Waals surface area contributed by atoms with E-state index in [1.54, 1.807) is 25.6 Å². The molecule has 6 heteroatoms. The second kappa shape index (κ2) is 8.16. The van der Waals surface area contributed by atoms with Crippen molar-refractivity contribution >= 4 is 17.2 Å². The summed E-state index contributed by atoms with van der Waals surface area (Å²) in [6.07, 6.45) is 2.14. The number of amides is 1. The van der Waals surface area contributed by atoms with Gasteiger partial charge in [0.1, 0.15) is 0 Å². The lowest BCUT2D eigenvalue weighted by Crippen LogP contribution is -2.47. The van der Waals surface area contributed by atoms with Gasteiger partial charge in [0, 0.05) is 57.7 Å². The molecule has 0 saturated carbocycles. The second-order valence-corrected chi connectivity index (χ2v) is 8.73. The zero-order chi connectivity index (χ0) is 17.9. The van der Waals surface area contributed by atoms with Crippen molar-refractivity contribution in [3.8, 4) is 0 Å². The maximum absolute atomic E-state index is 12.7. The fourth-order valence-electron chi connectivity index (χ4n) is 4.39. The number of methoxy groups -OCH3 is 2. The van der Waals surface area contributed by atoms with E-state index in [1.807, 2.05) is 17.0 Å². The first-order valence-corrected chi connectivity index (χ1v) is 9.95. The molecule has 140 valence electrons. The van der Waals surface area contributed by atoms with Gasteiger partial charge in [-0.15, -0.1) is 11.3 Å². The summed E-state index contributed by atoms with van der Waals surface area (Å²) in [5, 5.41) is 0. The van der Waals surface area contributed by atoms with E-state index in [1.165, 1.54) is 4.88 Å².